The number of benzene rings is 1. The van der Waals surface area contributed by atoms with Gasteiger partial charge in [0.05, 0.1) is 12.0 Å². The molecule has 2 rings (SSSR count). The van der Waals surface area contributed by atoms with Crippen LogP contribution in [0.1, 0.15) is 0 Å². The zero-order chi connectivity index (χ0) is 12.4. The van der Waals surface area contributed by atoms with Crippen LogP contribution in [0.4, 0.5) is 11.5 Å². The number of nitrogen functional groups attached to an aromatic ring is 1. The average molecular weight is 235 g/mol. The molecule has 17 heavy (non-hydrogen) atoms. The Morgan fingerprint density at radius 2 is 2.24 bits per heavy atom. The molecular weight excluding hydrogens is 226 g/mol. The normalized spacial score (nSPS) is 10.2. The molecule has 7 nitrogen and oxygen atoms in total. The van der Waals surface area contributed by atoms with Gasteiger partial charge in [-0.3, -0.25) is 10.1 Å². The van der Waals surface area contributed by atoms with Crippen LogP contribution < -0.4 is 10.5 Å². The van der Waals surface area contributed by atoms with E-state index in [1.807, 2.05) is 0 Å². The van der Waals surface area contributed by atoms with E-state index in [-0.39, 0.29) is 22.8 Å². The number of nitrogens with two attached hydrogens (primary N) is 1. The summed E-state index contributed by atoms with van der Waals surface area (Å²) >= 11 is 0. The molecule has 0 spiro atoms. The van der Waals surface area contributed by atoms with Crippen LogP contribution in [0, 0.1) is 10.1 Å². The number of nitro benzene ring substituents is 1. The van der Waals surface area contributed by atoms with Crippen LogP contribution in [-0.4, -0.2) is 17.2 Å². The third kappa shape index (κ3) is 2.03. The molecule has 1 aromatic carbocycles. The fourth-order valence-corrected chi connectivity index (χ4v) is 1.41. The van der Waals surface area contributed by atoms with Crippen LogP contribution >= 0.6 is 0 Å². The van der Waals surface area contributed by atoms with E-state index >= 15 is 0 Å². The van der Waals surface area contributed by atoms with E-state index in [1.165, 1.54) is 31.4 Å². The quantitative estimate of drug-likeness (QED) is 0.642. The van der Waals surface area contributed by atoms with Gasteiger partial charge in [0.1, 0.15) is 11.3 Å². The van der Waals surface area contributed by atoms with Gasteiger partial charge in [-0.05, 0) is 12.1 Å². The lowest BCUT2D eigenvalue weighted by molar-refractivity contribution is -0.384. The molecule has 0 aliphatic heterocycles. The SMILES string of the molecule is COc1ccc([N+](=O)[O-])c(-c2cc(N)no2)c1. The van der Waals surface area contributed by atoms with E-state index < -0.39 is 4.92 Å². The van der Waals surface area contributed by atoms with Crippen LogP contribution in [0.2, 0.25) is 0 Å². The van der Waals surface area contributed by atoms with Gasteiger partial charge in [-0.25, -0.2) is 0 Å². The highest BCUT2D eigenvalue weighted by atomic mass is 16.6. The zero-order valence-electron chi connectivity index (χ0n) is 8.91. The predicted octanol–water partition coefficient (Wildman–Crippen LogP) is 1.84. The molecule has 0 atom stereocenters. The molecule has 0 aliphatic rings. The highest BCUT2D eigenvalue weighted by molar-refractivity contribution is 5.72. The minimum Gasteiger partial charge on any atom is -0.497 e. The van der Waals surface area contributed by atoms with Crippen molar-refractivity contribution < 1.29 is 14.2 Å². The van der Waals surface area contributed by atoms with Gasteiger partial charge in [-0.15, -0.1) is 0 Å². The summed E-state index contributed by atoms with van der Waals surface area (Å²) in [5, 5.41) is 14.4. The molecule has 1 aromatic heterocycles. The Balaban J connectivity index is 2.60. The van der Waals surface area contributed by atoms with E-state index in [2.05, 4.69) is 5.16 Å². The Morgan fingerprint density at radius 1 is 1.47 bits per heavy atom. The smallest absolute Gasteiger partial charge is 0.280 e. The van der Waals surface area contributed by atoms with E-state index in [0.717, 1.165) is 0 Å². The van der Waals surface area contributed by atoms with Crippen LogP contribution in [-0.2, 0) is 0 Å². The van der Waals surface area contributed by atoms with Crippen molar-refractivity contribution in [2.45, 2.75) is 0 Å². The molecular formula is C10H9N3O4. The molecule has 0 unspecified atom stereocenters. The number of methoxy groups -OCH3 is 1. The van der Waals surface area contributed by atoms with Gasteiger partial charge < -0.3 is 15.0 Å². The summed E-state index contributed by atoms with van der Waals surface area (Å²) in [6.07, 6.45) is 0. The molecule has 2 N–H and O–H groups in total. The number of hydrogen-bond donors (Lipinski definition) is 1. The maximum Gasteiger partial charge on any atom is 0.280 e. The lowest BCUT2D eigenvalue weighted by Crippen LogP contribution is -1.92. The fourth-order valence-electron chi connectivity index (χ4n) is 1.41. The van der Waals surface area contributed by atoms with Crippen LogP contribution in [0.5, 0.6) is 5.75 Å². The van der Waals surface area contributed by atoms with E-state index in [4.69, 9.17) is 15.0 Å². The molecule has 0 saturated heterocycles. The standard InChI is InChI=1S/C10H9N3O4/c1-16-6-2-3-8(13(14)15)7(4-6)9-5-10(11)12-17-9/h2-5H,1H3,(H2,11,12). The van der Waals surface area contributed by atoms with E-state index in [0.29, 0.717) is 5.75 Å². The number of nitro groups is 1. The second-order valence-corrected chi connectivity index (χ2v) is 3.26. The van der Waals surface area contributed by atoms with Crippen molar-refractivity contribution in [3.63, 3.8) is 0 Å². The lowest BCUT2D eigenvalue weighted by atomic mass is 10.1. The van der Waals surface area contributed by atoms with Crippen molar-refractivity contribution >= 4 is 11.5 Å². The van der Waals surface area contributed by atoms with Gasteiger partial charge in [-0.1, -0.05) is 5.16 Å². The lowest BCUT2D eigenvalue weighted by Gasteiger charge is -2.02. The van der Waals surface area contributed by atoms with Gasteiger partial charge in [-0.2, -0.15) is 0 Å². The summed E-state index contributed by atoms with van der Waals surface area (Å²) in [6.45, 7) is 0. The van der Waals surface area contributed by atoms with Crippen molar-refractivity contribution in [1.82, 2.24) is 5.16 Å². The second-order valence-electron chi connectivity index (χ2n) is 3.26. The second kappa shape index (κ2) is 4.12. The highest BCUT2D eigenvalue weighted by Gasteiger charge is 2.19. The summed E-state index contributed by atoms with van der Waals surface area (Å²) in [5.74, 6) is 0.880. The van der Waals surface area contributed by atoms with Crippen molar-refractivity contribution in [2.24, 2.45) is 0 Å². The molecule has 88 valence electrons. The topological polar surface area (TPSA) is 104 Å². The first kappa shape index (κ1) is 10.9. The first-order chi connectivity index (χ1) is 8.11. The first-order valence-electron chi connectivity index (χ1n) is 4.67. The minimum atomic E-state index is -0.506. The van der Waals surface area contributed by atoms with Crippen LogP contribution in [0.3, 0.4) is 0 Å². The van der Waals surface area contributed by atoms with E-state index in [9.17, 15) is 10.1 Å². The minimum absolute atomic E-state index is 0.0954. The predicted molar refractivity (Wildman–Crippen MR) is 59.6 cm³/mol. The molecule has 2 aromatic rings. The van der Waals surface area contributed by atoms with Crippen molar-refractivity contribution in [3.8, 4) is 17.1 Å². The third-order valence-electron chi connectivity index (χ3n) is 2.19. The Hall–Kier alpha value is -2.57. The Morgan fingerprint density at radius 3 is 2.76 bits per heavy atom. The van der Waals surface area contributed by atoms with Gasteiger partial charge >= 0.3 is 0 Å². The highest BCUT2D eigenvalue weighted by Crippen LogP contribution is 2.33. The van der Waals surface area contributed by atoms with Gasteiger partial charge in [0, 0.05) is 12.1 Å². The summed E-state index contributed by atoms with van der Waals surface area (Å²) < 4.78 is 9.91. The number of aromatic nitrogens is 1. The van der Waals surface area contributed by atoms with Crippen molar-refractivity contribution in [1.29, 1.82) is 0 Å². The van der Waals surface area contributed by atoms with Crippen LogP contribution in [0.25, 0.3) is 11.3 Å². The monoisotopic (exact) mass is 235 g/mol. The molecule has 0 bridgehead atoms. The molecule has 0 fully saturated rings. The number of ether oxygens (including phenoxy) is 1. The van der Waals surface area contributed by atoms with E-state index in [1.54, 1.807) is 0 Å². The molecule has 0 aliphatic carbocycles. The molecule has 0 radical (unpaired) electrons. The number of rotatable bonds is 3. The maximum atomic E-state index is 10.9. The number of nitrogens with zero attached hydrogens (tertiary/aromatic N) is 2. The zero-order valence-corrected chi connectivity index (χ0v) is 8.91. The average Bonchev–Trinajstić information content (AvgIpc) is 2.75. The third-order valence-corrected chi connectivity index (χ3v) is 2.19. The van der Waals surface area contributed by atoms with Gasteiger partial charge in [0.2, 0.25) is 0 Å². The Labute approximate surface area is 95.9 Å². The molecule has 7 heteroatoms. The summed E-state index contributed by atoms with van der Waals surface area (Å²) in [6, 6.07) is 5.76. The maximum absolute atomic E-state index is 10.9. The van der Waals surface area contributed by atoms with Crippen molar-refractivity contribution in [3.05, 3.63) is 34.4 Å². The number of anilines is 1. The summed E-state index contributed by atoms with van der Waals surface area (Å²) in [7, 11) is 1.47. The fraction of sp³-hybridized carbons (Fsp3) is 0.100. The largest absolute Gasteiger partial charge is 0.497 e. The molecule has 1 heterocycles. The number of hydrogen-bond acceptors (Lipinski definition) is 6. The van der Waals surface area contributed by atoms with Crippen molar-refractivity contribution in [2.75, 3.05) is 12.8 Å². The molecule has 0 amide bonds. The van der Waals surface area contributed by atoms with Gasteiger partial charge in [0.25, 0.3) is 5.69 Å². The first-order valence-corrected chi connectivity index (χ1v) is 4.67. The summed E-state index contributed by atoms with van der Waals surface area (Å²) in [4.78, 5) is 10.4. The van der Waals surface area contributed by atoms with Crippen LogP contribution in [0.15, 0.2) is 28.8 Å². The Bertz CT molecular complexity index is 564. The molecule has 0 saturated carbocycles. The van der Waals surface area contributed by atoms with Gasteiger partial charge in [0.15, 0.2) is 11.6 Å². The summed E-state index contributed by atoms with van der Waals surface area (Å²) in [5.41, 5.74) is 5.59. The Kier molecular flexibility index (Phi) is 2.65.